The third-order valence-corrected chi connectivity index (χ3v) is 5.45. The second-order valence-corrected chi connectivity index (χ2v) is 8.07. The summed E-state index contributed by atoms with van der Waals surface area (Å²) in [7, 11) is 1.49. The normalized spacial score (nSPS) is 10.1. The molecule has 0 aliphatic carbocycles. The predicted octanol–water partition coefficient (Wildman–Crippen LogP) is 4.48. The van der Waals surface area contributed by atoms with Crippen molar-refractivity contribution in [2.45, 2.75) is 33.1 Å². The highest BCUT2D eigenvalue weighted by atomic mass is 16.5. The van der Waals surface area contributed by atoms with E-state index in [2.05, 4.69) is 20.9 Å². The Labute approximate surface area is 217 Å². The SMILES string of the molecule is C.COc1ccc(NC(=O)c2ccc(C(=O)NCCCCCCN)cc2)c(C(=O)Nc2ccccn2)c1. The van der Waals surface area contributed by atoms with Gasteiger partial charge in [0.1, 0.15) is 11.6 Å². The Morgan fingerprint density at radius 3 is 2.19 bits per heavy atom. The van der Waals surface area contributed by atoms with E-state index in [1.807, 2.05) is 0 Å². The molecule has 3 amide bonds. The van der Waals surface area contributed by atoms with E-state index in [0.717, 1.165) is 25.7 Å². The van der Waals surface area contributed by atoms with Crippen LogP contribution in [0.4, 0.5) is 11.5 Å². The molecule has 1 heterocycles. The number of nitrogens with two attached hydrogens (primary N) is 1. The van der Waals surface area contributed by atoms with E-state index in [1.165, 1.54) is 13.2 Å². The van der Waals surface area contributed by atoms with Gasteiger partial charge in [0.25, 0.3) is 17.7 Å². The number of rotatable bonds is 12. The first-order chi connectivity index (χ1) is 17.5. The van der Waals surface area contributed by atoms with Gasteiger partial charge in [-0.05, 0) is 74.0 Å². The van der Waals surface area contributed by atoms with Crippen molar-refractivity contribution >= 4 is 29.2 Å². The van der Waals surface area contributed by atoms with Crippen LogP contribution in [0, 0.1) is 0 Å². The van der Waals surface area contributed by atoms with Gasteiger partial charge in [0.2, 0.25) is 0 Å². The number of benzene rings is 2. The largest absolute Gasteiger partial charge is 0.497 e. The third-order valence-electron chi connectivity index (χ3n) is 5.45. The van der Waals surface area contributed by atoms with Crippen molar-refractivity contribution in [2.24, 2.45) is 5.73 Å². The minimum absolute atomic E-state index is 0. The van der Waals surface area contributed by atoms with Crippen LogP contribution < -0.4 is 26.4 Å². The quantitative estimate of drug-likeness (QED) is 0.268. The van der Waals surface area contributed by atoms with Gasteiger partial charge < -0.3 is 26.4 Å². The van der Waals surface area contributed by atoms with E-state index in [9.17, 15) is 14.4 Å². The molecule has 37 heavy (non-hydrogen) atoms. The van der Waals surface area contributed by atoms with Gasteiger partial charge >= 0.3 is 0 Å². The fraction of sp³-hybridized carbons (Fsp3) is 0.286. The number of ether oxygens (including phenoxy) is 1. The van der Waals surface area contributed by atoms with Gasteiger partial charge in [-0.25, -0.2) is 4.98 Å². The number of hydrogen-bond acceptors (Lipinski definition) is 6. The zero-order chi connectivity index (χ0) is 25.8. The lowest BCUT2D eigenvalue weighted by Gasteiger charge is -2.13. The lowest BCUT2D eigenvalue weighted by atomic mass is 10.1. The van der Waals surface area contributed by atoms with Gasteiger partial charge in [-0.1, -0.05) is 26.3 Å². The summed E-state index contributed by atoms with van der Waals surface area (Å²) in [6.07, 6.45) is 5.52. The van der Waals surface area contributed by atoms with Crippen LogP contribution in [-0.2, 0) is 0 Å². The number of anilines is 2. The second kappa shape index (κ2) is 15.0. The van der Waals surface area contributed by atoms with Gasteiger partial charge in [-0.2, -0.15) is 0 Å². The molecule has 3 aromatic rings. The molecule has 0 unspecified atom stereocenters. The van der Waals surface area contributed by atoms with E-state index in [1.54, 1.807) is 60.8 Å². The molecule has 2 aromatic carbocycles. The molecule has 5 N–H and O–H groups in total. The molecule has 0 fully saturated rings. The summed E-state index contributed by atoms with van der Waals surface area (Å²) in [5.74, 6) is -0.206. The van der Waals surface area contributed by atoms with Crippen molar-refractivity contribution in [3.05, 3.63) is 83.6 Å². The zero-order valence-electron chi connectivity index (χ0n) is 20.3. The molecular formula is C28H35N5O4. The summed E-state index contributed by atoms with van der Waals surface area (Å²) < 4.78 is 5.24. The average molecular weight is 506 g/mol. The first kappa shape index (κ1) is 29.0. The molecule has 0 atom stereocenters. The van der Waals surface area contributed by atoms with Crippen molar-refractivity contribution < 1.29 is 19.1 Å². The van der Waals surface area contributed by atoms with Crippen molar-refractivity contribution in [3.8, 4) is 5.75 Å². The lowest BCUT2D eigenvalue weighted by Crippen LogP contribution is -2.24. The minimum atomic E-state index is -0.446. The predicted molar refractivity (Wildman–Crippen MR) is 146 cm³/mol. The average Bonchev–Trinajstić information content (AvgIpc) is 2.91. The number of nitrogens with one attached hydrogen (secondary N) is 3. The standard InChI is InChI=1S/C27H31N5O4.CH4/c1-36-21-13-14-23(22(18-21)27(35)32-24-8-4-7-16-29-24)31-26(34)20-11-9-19(10-12-20)25(33)30-17-6-3-2-5-15-28;/h4,7-14,16,18H,2-3,5-6,15,17,28H2,1H3,(H,30,33)(H,31,34)(H,29,32,35);1H4. The number of carbonyl (C=O) groups is 3. The highest BCUT2D eigenvalue weighted by molar-refractivity contribution is 6.12. The highest BCUT2D eigenvalue weighted by Crippen LogP contribution is 2.24. The number of aromatic nitrogens is 1. The van der Waals surface area contributed by atoms with Crippen molar-refractivity contribution in [1.29, 1.82) is 0 Å². The third kappa shape index (κ3) is 8.73. The number of nitrogens with zero attached hydrogens (tertiary/aromatic N) is 1. The van der Waals surface area contributed by atoms with Crippen LogP contribution in [-0.4, -0.2) is 42.9 Å². The van der Waals surface area contributed by atoms with Gasteiger partial charge in [0.15, 0.2) is 0 Å². The number of pyridine rings is 1. The van der Waals surface area contributed by atoms with Crippen LogP contribution >= 0.6 is 0 Å². The van der Waals surface area contributed by atoms with Crippen LogP contribution in [0.15, 0.2) is 66.9 Å². The highest BCUT2D eigenvalue weighted by Gasteiger charge is 2.17. The monoisotopic (exact) mass is 505 g/mol. The van der Waals surface area contributed by atoms with Crippen LogP contribution in [0.1, 0.15) is 64.2 Å². The summed E-state index contributed by atoms with van der Waals surface area (Å²) in [6.45, 7) is 1.27. The number of hydrogen-bond donors (Lipinski definition) is 4. The first-order valence-corrected chi connectivity index (χ1v) is 11.8. The Morgan fingerprint density at radius 2 is 1.54 bits per heavy atom. The summed E-state index contributed by atoms with van der Waals surface area (Å²) in [6, 6.07) is 16.3. The maximum atomic E-state index is 12.9. The number of unbranched alkanes of at least 4 members (excludes halogenated alkanes) is 3. The Bertz CT molecular complexity index is 1170. The smallest absolute Gasteiger partial charge is 0.259 e. The van der Waals surface area contributed by atoms with Gasteiger partial charge in [0.05, 0.1) is 18.4 Å². The molecule has 9 nitrogen and oxygen atoms in total. The molecule has 1 aromatic heterocycles. The Morgan fingerprint density at radius 1 is 0.838 bits per heavy atom. The molecule has 9 heteroatoms. The van der Waals surface area contributed by atoms with Crippen LogP contribution in [0.5, 0.6) is 5.75 Å². The van der Waals surface area contributed by atoms with E-state index in [4.69, 9.17) is 10.5 Å². The number of carbonyl (C=O) groups excluding carboxylic acids is 3. The summed E-state index contributed by atoms with van der Waals surface area (Å²) in [4.78, 5) is 42.2. The molecular weight excluding hydrogens is 470 g/mol. The lowest BCUT2D eigenvalue weighted by molar-refractivity contribution is 0.0950. The Kier molecular flexibility index (Phi) is 11.8. The fourth-order valence-electron chi connectivity index (χ4n) is 3.46. The molecule has 3 rings (SSSR count). The van der Waals surface area contributed by atoms with Gasteiger partial charge in [-0.3, -0.25) is 14.4 Å². The van der Waals surface area contributed by atoms with Crippen LogP contribution in [0.2, 0.25) is 0 Å². The molecule has 0 saturated carbocycles. The van der Waals surface area contributed by atoms with E-state index in [0.29, 0.717) is 41.5 Å². The maximum absolute atomic E-state index is 12.9. The molecule has 0 aliphatic rings. The van der Waals surface area contributed by atoms with Crippen molar-refractivity contribution in [2.75, 3.05) is 30.8 Å². The molecule has 0 bridgehead atoms. The van der Waals surface area contributed by atoms with Gasteiger partial charge in [0, 0.05) is 23.9 Å². The number of amides is 3. The minimum Gasteiger partial charge on any atom is -0.497 e. The molecule has 0 aliphatic heterocycles. The van der Waals surface area contributed by atoms with E-state index < -0.39 is 11.8 Å². The summed E-state index contributed by atoms with van der Waals surface area (Å²) >= 11 is 0. The molecule has 196 valence electrons. The van der Waals surface area contributed by atoms with Crippen LogP contribution in [0.3, 0.4) is 0 Å². The number of methoxy groups -OCH3 is 1. The summed E-state index contributed by atoms with van der Waals surface area (Å²) in [5, 5.41) is 8.36. The van der Waals surface area contributed by atoms with Crippen molar-refractivity contribution in [3.63, 3.8) is 0 Å². The molecule has 0 spiro atoms. The first-order valence-electron chi connectivity index (χ1n) is 11.8. The zero-order valence-corrected chi connectivity index (χ0v) is 20.3. The fourth-order valence-corrected chi connectivity index (χ4v) is 3.46. The molecule has 0 saturated heterocycles. The van der Waals surface area contributed by atoms with Crippen molar-refractivity contribution in [1.82, 2.24) is 10.3 Å². The topological polar surface area (TPSA) is 135 Å². The Balaban J connectivity index is 0.00000481. The Hall–Kier alpha value is -4.24. The second-order valence-electron chi connectivity index (χ2n) is 8.07. The summed E-state index contributed by atoms with van der Waals surface area (Å²) in [5.41, 5.74) is 6.82. The van der Waals surface area contributed by atoms with Gasteiger partial charge in [-0.15, -0.1) is 0 Å². The van der Waals surface area contributed by atoms with Crippen LogP contribution in [0.25, 0.3) is 0 Å². The maximum Gasteiger partial charge on any atom is 0.259 e. The van der Waals surface area contributed by atoms with E-state index >= 15 is 0 Å². The molecule has 0 radical (unpaired) electrons. The van der Waals surface area contributed by atoms with E-state index in [-0.39, 0.29) is 18.9 Å².